The highest BCUT2D eigenvalue weighted by Gasteiger charge is 2.19. The Hall–Kier alpha value is -3.48. The van der Waals surface area contributed by atoms with Crippen molar-refractivity contribution in [3.8, 4) is 16.9 Å². The van der Waals surface area contributed by atoms with Gasteiger partial charge in [-0.1, -0.05) is 18.2 Å². The van der Waals surface area contributed by atoms with Crippen LogP contribution in [0.3, 0.4) is 0 Å². The molecule has 28 heavy (non-hydrogen) atoms. The van der Waals surface area contributed by atoms with E-state index in [0.29, 0.717) is 16.8 Å². The van der Waals surface area contributed by atoms with E-state index in [1.165, 1.54) is 12.1 Å². The standard InChI is InChI=1S/C21H21FN4O2/c1-14(2)24-19(27)12-23-21(28)18-13-26(17-6-4-3-5-7-17)25-20(18)15-8-10-16(22)11-9-15/h3-11,13-14H,12H2,1-2H3,(H,23,28)(H,24,27). The van der Waals surface area contributed by atoms with Gasteiger partial charge >= 0.3 is 0 Å². The largest absolute Gasteiger partial charge is 0.352 e. The van der Waals surface area contributed by atoms with E-state index in [1.807, 2.05) is 44.2 Å². The Morgan fingerprint density at radius 1 is 1.07 bits per heavy atom. The first-order valence-electron chi connectivity index (χ1n) is 8.92. The SMILES string of the molecule is CC(C)NC(=O)CNC(=O)c1cn(-c2ccccc2)nc1-c1ccc(F)cc1. The van der Waals surface area contributed by atoms with E-state index in [4.69, 9.17) is 0 Å². The molecule has 0 aliphatic rings. The number of nitrogens with zero attached hydrogens (tertiary/aromatic N) is 2. The van der Waals surface area contributed by atoms with Crippen LogP contribution < -0.4 is 10.6 Å². The Balaban J connectivity index is 1.91. The molecular weight excluding hydrogens is 359 g/mol. The fourth-order valence-corrected chi connectivity index (χ4v) is 2.70. The van der Waals surface area contributed by atoms with Gasteiger partial charge in [-0.15, -0.1) is 0 Å². The number of rotatable bonds is 6. The molecule has 0 radical (unpaired) electrons. The van der Waals surface area contributed by atoms with Gasteiger partial charge in [0.05, 0.1) is 17.8 Å². The minimum Gasteiger partial charge on any atom is -0.352 e. The van der Waals surface area contributed by atoms with Gasteiger partial charge in [-0.3, -0.25) is 9.59 Å². The van der Waals surface area contributed by atoms with Crippen LogP contribution in [0.4, 0.5) is 4.39 Å². The number of hydrogen-bond donors (Lipinski definition) is 2. The zero-order valence-electron chi connectivity index (χ0n) is 15.6. The highest BCUT2D eigenvalue weighted by Crippen LogP contribution is 2.24. The second-order valence-electron chi connectivity index (χ2n) is 6.58. The summed E-state index contributed by atoms with van der Waals surface area (Å²) in [5.74, 6) is -1.08. The Kier molecular flexibility index (Phi) is 5.84. The number of halogens is 1. The third-order valence-corrected chi connectivity index (χ3v) is 3.96. The second-order valence-corrected chi connectivity index (χ2v) is 6.58. The van der Waals surface area contributed by atoms with Crippen molar-refractivity contribution in [2.45, 2.75) is 19.9 Å². The molecule has 0 spiro atoms. The van der Waals surface area contributed by atoms with Gasteiger partial charge in [-0.05, 0) is 50.2 Å². The fraction of sp³-hybridized carbons (Fsp3) is 0.190. The fourth-order valence-electron chi connectivity index (χ4n) is 2.70. The molecule has 3 aromatic rings. The number of para-hydroxylation sites is 1. The van der Waals surface area contributed by atoms with E-state index < -0.39 is 5.91 Å². The van der Waals surface area contributed by atoms with Crippen molar-refractivity contribution in [1.82, 2.24) is 20.4 Å². The highest BCUT2D eigenvalue weighted by molar-refractivity contribution is 6.01. The molecule has 0 aliphatic carbocycles. The summed E-state index contributed by atoms with van der Waals surface area (Å²) in [6.45, 7) is 3.54. The maximum Gasteiger partial charge on any atom is 0.255 e. The topological polar surface area (TPSA) is 76.0 Å². The summed E-state index contributed by atoms with van der Waals surface area (Å²) >= 11 is 0. The molecule has 1 aromatic heterocycles. The van der Waals surface area contributed by atoms with E-state index >= 15 is 0 Å². The zero-order chi connectivity index (χ0) is 20.1. The normalized spacial score (nSPS) is 10.7. The van der Waals surface area contributed by atoms with Crippen molar-refractivity contribution in [3.63, 3.8) is 0 Å². The first-order chi connectivity index (χ1) is 13.4. The second kappa shape index (κ2) is 8.47. The van der Waals surface area contributed by atoms with E-state index in [-0.39, 0.29) is 24.3 Å². The molecule has 6 nitrogen and oxygen atoms in total. The van der Waals surface area contributed by atoms with E-state index in [2.05, 4.69) is 15.7 Å². The van der Waals surface area contributed by atoms with Crippen molar-refractivity contribution in [2.24, 2.45) is 0 Å². The molecule has 2 aromatic carbocycles. The molecule has 0 saturated heterocycles. The molecular formula is C21H21FN4O2. The van der Waals surface area contributed by atoms with E-state index in [0.717, 1.165) is 5.69 Å². The van der Waals surface area contributed by atoms with Crippen LogP contribution >= 0.6 is 0 Å². The van der Waals surface area contributed by atoms with Crippen molar-refractivity contribution in [3.05, 3.63) is 72.2 Å². The molecule has 0 fully saturated rings. The lowest BCUT2D eigenvalue weighted by Crippen LogP contribution is -2.39. The Bertz CT molecular complexity index is 966. The molecule has 3 rings (SSSR count). The van der Waals surface area contributed by atoms with Crippen LogP contribution in [-0.2, 0) is 4.79 Å². The third-order valence-electron chi connectivity index (χ3n) is 3.96. The van der Waals surface area contributed by atoms with Gasteiger partial charge in [0, 0.05) is 17.8 Å². The zero-order valence-corrected chi connectivity index (χ0v) is 15.6. The molecule has 0 saturated carbocycles. The predicted octanol–water partition coefficient (Wildman–Crippen LogP) is 2.93. The van der Waals surface area contributed by atoms with Crippen molar-refractivity contribution < 1.29 is 14.0 Å². The summed E-state index contributed by atoms with van der Waals surface area (Å²) in [7, 11) is 0. The smallest absolute Gasteiger partial charge is 0.255 e. The number of hydrogen-bond acceptors (Lipinski definition) is 3. The molecule has 2 N–H and O–H groups in total. The summed E-state index contributed by atoms with van der Waals surface area (Å²) in [5.41, 5.74) is 2.09. The summed E-state index contributed by atoms with van der Waals surface area (Å²) in [5, 5.41) is 9.84. The van der Waals surface area contributed by atoms with Crippen LogP contribution in [0, 0.1) is 5.82 Å². The summed E-state index contributed by atoms with van der Waals surface area (Å²) in [4.78, 5) is 24.5. The van der Waals surface area contributed by atoms with Crippen LogP contribution in [-0.4, -0.2) is 34.2 Å². The first kappa shape index (κ1) is 19.3. The average molecular weight is 380 g/mol. The van der Waals surface area contributed by atoms with Crippen molar-refractivity contribution in [2.75, 3.05) is 6.54 Å². The number of carbonyl (C=O) groups is 2. The predicted molar refractivity (Wildman–Crippen MR) is 105 cm³/mol. The van der Waals surface area contributed by atoms with Gasteiger partial charge in [0.2, 0.25) is 5.91 Å². The number of carbonyl (C=O) groups excluding carboxylic acids is 2. The van der Waals surface area contributed by atoms with Crippen LogP contribution in [0.15, 0.2) is 60.8 Å². The quantitative estimate of drug-likeness (QED) is 0.690. The molecule has 0 atom stereocenters. The molecule has 0 bridgehead atoms. The number of aromatic nitrogens is 2. The van der Waals surface area contributed by atoms with Gasteiger partial charge in [-0.2, -0.15) is 5.10 Å². The molecule has 2 amide bonds. The summed E-state index contributed by atoms with van der Waals surface area (Å²) < 4.78 is 14.9. The van der Waals surface area contributed by atoms with Crippen LogP contribution in [0.5, 0.6) is 0 Å². The maximum atomic E-state index is 13.3. The number of benzene rings is 2. The lowest BCUT2D eigenvalue weighted by Gasteiger charge is -2.09. The summed E-state index contributed by atoms with van der Waals surface area (Å²) in [6, 6.07) is 15.1. The van der Waals surface area contributed by atoms with Crippen LogP contribution in [0.2, 0.25) is 0 Å². The van der Waals surface area contributed by atoms with Gasteiger partial charge in [0.15, 0.2) is 0 Å². The molecule has 0 aliphatic heterocycles. The first-order valence-corrected chi connectivity index (χ1v) is 8.92. The van der Waals surface area contributed by atoms with Crippen molar-refractivity contribution >= 4 is 11.8 Å². The maximum absolute atomic E-state index is 13.3. The lowest BCUT2D eigenvalue weighted by atomic mass is 10.1. The summed E-state index contributed by atoms with van der Waals surface area (Å²) in [6.07, 6.45) is 1.60. The lowest BCUT2D eigenvalue weighted by molar-refractivity contribution is -0.120. The monoisotopic (exact) mass is 380 g/mol. The average Bonchev–Trinajstić information content (AvgIpc) is 3.12. The van der Waals surface area contributed by atoms with Crippen LogP contribution in [0.25, 0.3) is 16.9 Å². The number of nitrogens with one attached hydrogen (secondary N) is 2. The molecule has 1 heterocycles. The van der Waals surface area contributed by atoms with Crippen LogP contribution in [0.1, 0.15) is 24.2 Å². The van der Waals surface area contributed by atoms with Gasteiger partial charge in [0.25, 0.3) is 5.91 Å². The van der Waals surface area contributed by atoms with Crippen molar-refractivity contribution in [1.29, 1.82) is 0 Å². The van der Waals surface area contributed by atoms with E-state index in [9.17, 15) is 14.0 Å². The Morgan fingerprint density at radius 3 is 2.39 bits per heavy atom. The minimum atomic E-state index is -0.430. The van der Waals surface area contributed by atoms with Gasteiger partial charge in [-0.25, -0.2) is 9.07 Å². The Morgan fingerprint density at radius 2 is 1.75 bits per heavy atom. The molecule has 144 valence electrons. The minimum absolute atomic E-state index is 0.0139. The Labute approximate surface area is 162 Å². The third kappa shape index (κ3) is 4.62. The molecule has 0 unspecified atom stereocenters. The van der Waals surface area contributed by atoms with Gasteiger partial charge in [0.1, 0.15) is 11.5 Å². The molecule has 7 heteroatoms. The van der Waals surface area contributed by atoms with Gasteiger partial charge < -0.3 is 10.6 Å². The number of amides is 2. The highest BCUT2D eigenvalue weighted by atomic mass is 19.1. The van der Waals surface area contributed by atoms with E-state index in [1.54, 1.807) is 23.0 Å².